The first-order valence-corrected chi connectivity index (χ1v) is 7.84. The van der Waals surface area contributed by atoms with Crippen molar-refractivity contribution >= 4 is 5.91 Å². The second-order valence-corrected chi connectivity index (χ2v) is 6.05. The van der Waals surface area contributed by atoms with Crippen LogP contribution in [0, 0.1) is 0 Å². The molecule has 0 radical (unpaired) electrons. The molecule has 2 N–H and O–H groups in total. The average molecular weight is 290 g/mol. The Morgan fingerprint density at radius 2 is 2.14 bits per heavy atom. The molecule has 2 rings (SSSR count). The van der Waals surface area contributed by atoms with Gasteiger partial charge in [0.15, 0.2) is 0 Å². The summed E-state index contributed by atoms with van der Waals surface area (Å²) in [6, 6.07) is 9.43. The van der Waals surface area contributed by atoms with Crippen LogP contribution in [0.5, 0.6) is 0 Å². The summed E-state index contributed by atoms with van der Waals surface area (Å²) in [4.78, 5) is 14.6. The zero-order valence-electron chi connectivity index (χ0n) is 13.0. The molecule has 2 atom stereocenters. The lowest BCUT2D eigenvalue weighted by molar-refractivity contribution is -0.126. The molecule has 1 aromatic carbocycles. The van der Waals surface area contributed by atoms with Crippen molar-refractivity contribution in [3.63, 3.8) is 0 Å². The predicted octanol–water partition coefficient (Wildman–Crippen LogP) is 1.88. The number of likely N-dealkylation sites (tertiary alicyclic amines) is 1. The van der Waals surface area contributed by atoms with Crippen molar-refractivity contribution < 1.29 is 9.90 Å². The summed E-state index contributed by atoms with van der Waals surface area (Å²) in [6.07, 6.45) is 3.05. The maximum atomic E-state index is 12.3. The van der Waals surface area contributed by atoms with E-state index >= 15 is 0 Å². The molecule has 4 heteroatoms. The van der Waals surface area contributed by atoms with Crippen LogP contribution in [-0.2, 0) is 10.4 Å². The van der Waals surface area contributed by atoms with Gasteiger partial charge in [0.2, 0.25) is 5.91 Å². The molecule has 1 aliphatic heterocycles. The Bertz CT molecular complexity index is 459. The van der Waals surface area contributed by atoms with Crippen LogP contribution < -0.4 is 5.32 Å². The van der Waals surface area contributed by atoms with Crippen LogP contribution in [0.25, 0.3) is 0 Å². The summed E-state index contributed by atoms with van der Waals surface area (Å²) in [5.74, 6) is 0.0390. The van der Waals surface area contributed by atoms with Gasteiger partial charge in [0, 0.05) is 0 Å². The van der Waals surface area contributed by atoms with Gasteiger partial charge in [-0.15, -0.1) is 0 Å². The Morgan fingerprint density at radius 3 is 2.81 bits per heavy atom. The van der Waals surface area contributed by atoms with Gasteiger partial charge in [-0.05, 0) is 44.8 Å². The topological polar surface area (TPSA) is 52.6 Å². The summed E-state index contributed by atoms with van der Waals surface area (Å²) < 4.78 is 0. The Labute approximate surface area is 127 Å². The van der Waals surface area contributed by atoms with Crippen LogP contribution in [0.1, 0.15) is 38.7 Å². The van der Waals surface area contributed by atoms with E-state index in [-0.39, 0.29) is 18.5 Å². The van der Waals surface area contributed by atoms with Crippen molar-refractivity contribution in [3.8, 4) is 0 Å². The van der Waals surface area contributed by atoms with Crippen LogP contribution in [0.15, 0.2) is 30.3 Å². The number of aliphatic hydroxyl groups is 1. The summed E-state index contributed by atoms with van der Waals surface area (Å²) in [7, 11) is 0. The van der Waals surface area contributed by atoms with Gasteiger partial charge in [-0.25, -0.2) is 0 Å². The maximum Gasteiger partial charge on any atom is 0.237 e. The van der Waals surface area contributed by atoms with E-state index in [2.05, 4.69) is 17.1 Å². The summed E-state index contributed by atoms with van der Waals surface area (Å²) in [6.45, 7) is 6.08. The molecule has 1 fully saturated rings. The molecule has 4 nitrogen and oxygen atoms in total. The molecule has 0 spiro atoms. The molecule has 0 aromatic heterocycles. The largest absolute Gasteiger partial charge is 0.384 e. The summed E-state index contributed by atoms with van der Waals surface area (Å²) in [5, 5.41) is 13.4. The molecule has 0 saturated carbocycles. The fourth-order valence-electron chi connectivity index (χ4n) is 2.95. The molecule has 1 amide bonds. The fourth-order valence-corrected chi connectivity index (χ4v) is 2.95. The van der Waals surface area contributed by atoms with Gasteiger partial charge in [0.1, 0.15) is 5.60 Å². The minimum absolute atomic E-state index is 0.0310. The van der Waals surface area contributed by atoms with E-state index in [0.717, 1.165) is 37.9 Å². The highest BCUT2D eigenvalue weighted by atomic mass is 16.3. The van der Waals surface area contributed by atoms with E-state index in [1.54, 1.807) is 6.92 Å². The number of rotatable bonds is 6. The highest BCUT2D eigenvalue weighted by Crippen LogP contribution is 2.21. The molecule has 0 aliphatic carbocycles. The van der Waals surface area contributed by atoms with E-state index in [0.29, 0.717) is 0 Å². The molecular weight excluding hydrogens is 264 g/mol. The van der Waals surface area contributed by atoms with Gasteiger partial charge in [0.05, 0.1) is 12.6 Å². The van der Waals surface area contributed by atoms with Gasteiger partial charge < -0.3 is 10.4 Å². The predicted molar refractivity (Wildman–Crippen MR) is 83.9 cm³/mol. The third-order valence-corrected chi connectivity index (χ3v) is 4.18. The van der Waals surface area contributed by atoms with E-state index in [1.807, 2.05) is 30.3 Å². The lowest BCUT2D eigenvalue weighted by Gasteiger charge is -2.27. The molecular formula is C17H26N2O2. The summed E-state index contributed by atoms with van der Waals surface area (Å²) >= 11 is 0. The van der Waals surface area contributed by atoms with Crippen LogP contribution in [0.2, 0.25) is 0 Å². The molecule has 1 saturated heterocycles. The lowest BCUT2D eigenvalue weighted by Crippen LogP contribution is -2.47. The second-order valence-electron chi connectivity index (χ2n) is 6.05. The SMILES string of the molecule is CCCN1CCCC1C(=O)NCC(C)(O)c1ccccc1. The molecule has 2 unspecified atom stereocenters. The molecule has 21 heavy (non-hydrogen) atoms. The van der Waals surface area contributed by atoms with Crippen molar-refractivity contribution in [2.75, 3.05) is 19.6 Å². The number of carbonyl (C=O) groups is 1. The van der Waals surface area contributed by atoms with E-state index in [9.17, 15) is 9.90 Å². The van der Waals surface area contributed by atoms with Crippen LogP contribution in [0.3, 0.4) is 0 Å². The number of hydrogen-bond donors (Lipinski definition) is 2. The second kappa shape index (κ2) is 7.05. The van der Waals surface area contributed by atoms with Crippen LogP contribution in [-0.4, -0.2) is 41.6 Å². The zero-order valence-corrected chi connectivity index (χ0v) is 13.0. The van der Waals surface area contributed by atoms with Gasteiger partial charge in [-0.3, -0.25) is 9.69 Å². The normalized spacial score (nSPS) is 22.0. The van der Waals surface area contributed by atoms with Crippen molar-refractivity contribution in [3.05, 3.63) is 35.9 Å². The first-order chi connectivity index (χ1) is 10.0. The number of hydrogen-bond acceptors (Lipinski definition) is 3. The van der Waals surface area contributed by atoms with Gasteiger partial charge in [0.25, 0.3) is 0 Å². The average Bonchev–Trinajstić information content (AvgIpc) is 2.95. The third kappa shape index (κ3) is 4.05. The fraction of sp³-hybridized carbons (Fsp3) is 0.588. The first-order valence-electron chi connectivity index (χ1n) is 7.84. The van der Waals surface area contributed by atoms with Gasteiger partial charge >= 0.3 is 0 Å². The highest BCUT2D eigenvalue weighted by molar-refractivity contribution is 5.82. The van der Waals surface area contributed by atoms with Crippen molar-refractivity contribution in [1.29, 1.82) is 0 Å². The summed E-state index contributed by atoms with van der Waals surface area (Å²) in [5.41, 5.74) is -0.215. The number of nitrogens with zero attached hydrogens (tertiary/aromatic N) is 1. The maximum absolute atomic E-state index is 12.3. The highest BCUT2D eigenvalue weighted by Gasteiger charge is 2.31. The van der Waals surface area contributed by atoms with Crippen LogP contribution in [0.4, 0.5) is 0 Å². The van der Waals surface area contributed by atoms with Crippen molar-refractivity contribution in [1.82, 2.24) is 10.2 Å². The molecule has 1 aliphatic rings. The Balaban J connectivity index is 1.91. The minimum Gasteiger partial charge on any atom is -0.384 e. The Hall–Kier alpha value is -1.39. The smallest absolute Gasteiger partial charge is 0.237 e. The van der Waals surface area contributed by atoms with E-state index < -0.39 is 5.60 Å². The van der Waals surface area contributed by atoms with E-state index in [1.165, 1.54) is 0 Å². The first kappa shape index (κ1) is 16.0. The zero-order chi connectivity index (χ0) is 15.3. The van der Waals surface area contributed by atoms with E-state index in [4.69, 9.17) is 0 Å². The quantitative estimate of drug-likeness (QED) is 0.841. The van der Waals surface area contributed by atoms with Crippen LogP contribution >= 0.6 is 0 Å². The Morgan fingerprint density at radius 1 is 1.43 bits per heavy atom. The number of carbonyl (C=O) groups excluding carboxylic acids is 1. The number of benzene rings is 1. The van der Waals surface area contributed by atoms with Gasteiger partial charge in [-0.2, -0.15) is 0 Å². The lowest BCUT2D eigenvalue weighted by atomic mass is 9.96. The standard InChI is InChI=1S/C17H26N2O2/c1-3-11-19-12-7-10-15(19)16(20)18-13-17(2,21)14-8-5-4-6-9-14/h4-6,8-9,15,21H,3,7,10-13H2,1-2H3,(H,18,20). The monoisotopic (exact) mass is 290 g/mol. The molecule has 1 aromatic rings. The van der Waals surface area contributed by atoms with Gasteiger partial charge in [-0.1, -0.05) is 37.3 Å². The number of nitrogens with one attached hydrogen (secondary N) is 1. The molecule has 0 bridgehead atoms. The molecule has 1 heterocycles. The Kier molecular flexibility index (Phi) is 5.37. The molecule has 116 valence electrons. The van der Waals surface area contributed by atoms with Crippen molar-refractivity contribution in [2.24, 2.45) is 0 Å². The number of amides is 1. The third-order valence-electron chi connectivity index (χ3n) is 4.18. The minimum atomic E-state index is -1.04. The van der Waals surface area contributed by atoms with Crippen molar-refractivity contribution in [2.45, 2.75) is 44.8 Å².